The third-order valence-corrected chi connectivity index (χ3v) is 4.45. The molecule has 0 aromatic heterocycles. The lowest BCUT2D eigenvalue weighted by Gasteiger charge is -2.08. The van der Waals surface area contributed by atoms with Gasteiger partial charge in [-0.25, -0.2) is 13.1 Å². The number of benzene rings is 2. The van der Waals surface area contributed by atoms with Crippen molar-refractivity contribution in [3.8, 4) is 5.75 Å². The minimum Gasteiger partial charge on any atom is -0.488 e. The molecule has 2 rings (SSSR count). The van der Waals surface area contributed by atoms with Gasteiger partial charge in [0, 0.05) is 5.41 Å². The fourth-order valence-electron chi connectivity index (χ4n) is 1.86. The van der Waals surface area contributed by atoms with E-state index in [0.29, 0.717) is 10.8 Å². The second-order valence-electron chi connectivity index (χ2n) is 5.08. The lowest BCUT2D eigenvalue weighted by Crippen LogP contribution is -2.30. The Kier molecular flexibility index (Phi) is 7.65. The first kappa shape index (κ1) is 20.0. The summed E-state index contributed by atoms with van der Waals surface area (Å²) in [5.41, 5.74) is 0.733. The Bertz CT molecular complexity index is 853. The molecule has 0 heterocycles. The van der Waals surface area contributed by atoms with Crippen LogP contribution in [0.15, 0.2) is 60.0 Å². The van der Waals surface area contributed by atoms with Crippen molar-refractivity contribution in [3.05, 3.63) is 70.6 Å². The molecule has 26 heavy (non-hydrogen) atoms. The Morgan fingerprint density at radius 3 is 2.46 bits per heavy atom. The molecular formula is C18H18ClNO5S. The predicted molar refractivity (Wildman–Crippen MR) is 100 cm³/mol. The molecule has 0 aliphatic rings. The van der Waals surface area contributed by atoms with E-state index in [0.717, 1.165) is 11.0 Å². The van der Waals surface area contributed by atoms with Crippen molar-refractivity contribution in [1.29, 1.82) is 0 Å². The van der Waals surface area contributed by atoms with Gasteiger partial charge < -0.3 is 9.47 Å². The summed E-state index contributed by atoms with van der Waals surface area (Å²) in [7, 11) is -3.73. The molecule has 0 aliphatic carbocycles. The van der Waals surface area contributed by atoms with Crippen LogP contribution in [0.3, 0.4) is 0 Å². The molecule has 2 aromatic rings. The molecule has 0 radical (unpaired) electrons. The number of halogens is 1. The largest absolute Gasteiger partial charge is 0.488 e. The summed E-state index contributed by atoms with van der Waals surface area (Å²) < 4.78 is 36.0. The van der Waals surface area contributed by atoms with Crippen molar-refractivity contribution in [3.63, 3.8) is 0 Å². The fraction of sp³-hybridized carbons (Fsp3) is 0.167. The van der Waals surface area contributed by atoms with Crippen LogP contribution in [-0.4, -0.2) is 34.1 Å². The highest BCUT2D eigenvalue weighted by Gasteiger charge is 2.10. The number of carbonyl (C=O) groups excluding carboxylic acids is 1. The molecule has 0 aliphatic heterocycles. The minimum absolute atomic E-state index is 0.0222. The van der Waals surface area contributed by atoms with Crippen LogP contribution < -0.4 is 9.46 Å². The zero-order chi connectivity index (χ0) is 18.8. The Morgan fingerprint density at radius 2 is 1.73 bits per heavy atom. The maximum Gasteiger partial charge on any atom is 0.321 e. The fourth-order valence-corrected chi connectivity index (χ4v) is 2.80. The van der Waals surface area contributed by atoms with Crippen LogP contribution in [0.25, 0.3) is 6.08 Å². The van der Waals surface area contributed by atoms with Crippen LogP contribution in [0.2, 0.25) is 5.02 Å². The average Bonchev–Trinajstić information content (AvgIpc) is 2.64. The summed E-state index contributed by atoms with van der Waals surface area (Å²) in [5, 5.41) is 1.45. The van der Waals surface area contributed by atoms with Crippen molar-refractivity contribution in [1.82, 2.24) is 4.72 Å². The lowest BCUT2D eigenvalue weighted by molar-refractivity contribution is -0.142. The highest BCUT2D eigenvalue weighted by atomic mass is 35.5. The van der Waals surface area contributed by atoms with Crippen molar-refractivity contribution in [2.75, 3.05) is 19.8 Å². The maximum absolute atomic E-state index is 11.8. The molecule has 1 N–H and O–H groups in total. The van der Waals surface area contributed by atoms with Crippen LogP contribution in [0.4, 0.5) is 0 Å². The van der Waals surface area contributed by atoms with Crippen molar-refractivity contribution in [2.24, 2.45) is 0 Å². The van der Waals surface area contributed by atoms with Crippen LogP contribution in [0.5, 0.6) is 5.75 Å². The maximum atomic E-state index is 11.8. The minimum atomic E-state index is -3.73. The van der Waals surface area contributed by atoms with Crippen LogP contribution in [0, 0.1) is 0 Å². The number of hydrogen-bond acceptors (Lipinski definition) is 5. The van der Waals surface area contributed by atoms with Gasteiger partial charge in [-0.3, -0.25) is 4.79 Å². The van der Waals surface area contributed by atoms with Crippen molar-refractivity contribution >= 4 is 33.7 Å². The monoisotopic (exact) mass is 395 g/mol. The third-order valence-electron chi connectivity index (χ3n) is 3.10. The highest BCUT2D eigenvalue weighted by Crippen LogP contribution is 2.22. The first-order valence-electron chi connectivity index (χ1n) is 7.72. The average molecular weight is 396 g/mol. The van der Waals surface area contributed by atoms with Gasteiger partial charge in [-0.15, -0.1) is 0 Å². The Morgan fingerprint density at radius 1 is 1.04 bits per heavy atom. The zero-order valence-electron chi connectivity index (χ0n) is 13.8. The molecule has 0 saturated carbocycles. The molecule has 0 atom stereocenters. The van der Waals surface area contributed by atoms with Crippen LogP contribution >= 0.6 is 11.6 Å². The summed E-state index contributed by atoms with van der Waals surface area (Å²) in [4.78, 5) is 11.6. The van der Waals surface area contributed by atoms with E-state index in [1.165, 1.54) is 6.08 Å². The zero-order valence-corrected chi connectivity index (χ0v) is 15.4. The Balaban J connectivity index is 1.69. The molecule has 0 fully saturated rings. The summed E-state index contributed by atoms with van der Waals surface area (Å²) in [6.45, 7) is -0.380. The molecule has 0 amide bonds. The number of carbonyl (C=O) groups is 1. The number of hydrogen-bond donors (Lipinski definition) is 1. The highest BCUT2D eigenvalue weighted by molar-refractivity contribution is 7.92. The number of ether oxygens (including phenoxy) is 2. The molecule has 8 heteroatoms. The van der Waals surface area contributed by atoms with E-state index in [2.05, 4.69) is 4.72 Å². The molecule has 0 saturated heterocycles. The quantitative estimate of drug-likeness (QED) is 0.521. The van der Waals surface area contributed by atoms with E-state index in [1.54, 1.807) is 48.5 Å². The molecule has 0 unspecified atom stereocenters. The van der Waals surface area contributed by atoms with Gasteiger partial charge in [0.25, 0.3) is 0 Å². The van der Waals surface area contributed by atoms with E-state index in [1.807, 2.05) is 6.07 Å². The lowest BCUT2D eigenvalue weighted by atomic mass is 10.2. The number of rotatable bonds is 9. The van der Waals surface area contributed by atoms with Crippen LogP contribution in [-0.2, 0) is 19.6 Å². The van der Waals surface area contributed by atoms with Gasteiger partial charge in [0.15, 0.2) is 0 Å². The van der Waals surface area contributed by atoms with Gasteiger partial charge in [-0.2, -0.15) is 0 Å². The summed E-state index contributed by atoms with van der Waals surface area (Å²) in [6.07, 6.45) is 1.44. The Hall–Kier alpha value is -2.35. The number of nitrogens with one attached hydrogen (secondary N) is 1. The molecule has 0 bridgehead atoms. The van der Waals surface area contributed by atoms with Gasteiger partial charge in [0.05, 0.1) is 5.02 Å². The van der Waals surface area contributed by atoms with E-state index in [-0.39, 0.29) is 13.2 Å². The molecule has 0 spiro atoms. The smallest absolute Gasteiger partial charge is 0.321 e. The summed E-state index contributed by atoms with van der Waals surface area (Å²) >= 11 is 5.92. The second kappa shape index (κ2) is 9.96. The van der Waals surface area contributed by atoms with E-state index in [4.69, 9.17) is 21.1 Å². The SMILES string of the molecule is O=C(CNS(=O)(=O)/C=C/c1ccccc1)OCCOc1ccccc1Cl. The van der Waals surface area contributed by atoms with E-state index in [9.17, 15) is 13.2 Å². The number of sulfonamides is 1. The predicted octanol–water partition coefficient (Wildman–Crippen LogP) is 2.85. The Labute approximate surface area is 157 Å². The van der Waals surface area contributed by atoms with Crippen molar-refractivity contribution < 1.29 is 22.7 Å². The second-order valence-corrected chi connectivity index (χ2v) is 7.14. The van der Waals surface area contributed by atoms with Crippen molar-refractivity contribution in [2.45, 2.75) is 0 Å². The van der Waals surface area contributed by atoms with Gasteiger partial charge in [0.2, 0.25) is 10.0 Å². The van der Waals surface area contributed by atoms with Gasteiger partial charge in [-0.1, -0.05) is 54.1 Å². The third kappa shape index (κ3) is 7.26. The van der Waals surface area contributed by atoms with Gasteiger partial charge in [0.1, 0.15) is 25.5 Å². The summed E-state index contributed by atoms with van der Waals surface area (Å²) in [6, 6.07) is 15.9. The molecule has 138 valence electrons. The van der Waals surface area contributed by atoms with Gasteiger partial charge >= 0.3 is 5.97 Å². The topological polar surface area (TPSA) is 81.7 Å². The molecule has 6 nitrogen and oxygen atoms in total. The normalized spacial score (nSPS) is 11.4. The number of esters is 1. The molecule has 2 aromatic carbocycles. The van der Waals surface area contributed by atoms with Crippen LogP contribution in [0.1, 0.15) is 5.56 Å². The first-order chi connectivity index (χ1) is 12.5. The first-order valence-corrected chi connectivity index (χ1v) is 9.64. The van der Waals surface area contributed by atoms with E-state index >= 15 is 0 Å². The standard InChI is InChI=1S/C18H18ClNO5S/c19-16-8-4-5-9-17(16)24-11-12-25-18(21)14-20-26(22,23)13-10-15-6-2-1-3-7-15/h1-10,13,20H,11-12,14H2/b13-10+. The van der Waals surface area contributed by atoms with Gasteiger partial charge in [-0.05, 0) is 23.8 Å². The van der Waals surface area contributed by atoms with E-state index < -0.39 is 22.5 Å². The number of para-hydroxylation sites is 1. The molecular weight excluding hydrogens is 378 g/mol. The summed E-state index contributed by atoms with van der Waals surface area (Å²) in [5.74, 6) is -0.221.